The van der Waals surface area contributed by atoms with Gasteiger partial charge in [-0.2, -0.15) is 5.10 Å². The van der Waals surface area contributed by atoms with Gasteiger partial charge in [-0.3, -0.25) is 14.3 Å². The molecule has 8 nitrogen and oxygen atoms in total. The third-order valence-corrected chi connectivity index (χ3v) is 9.26. The third kappa shape index (κ3) is 3.10. The zero-order valence-electron chi connectivity index (χ0n) is 19.7. The van der Waals surface area contributed by atoms with E-state index in [2.05, 4.69) is 26.6 Å². The van der Waals surface area contributed by atoms with E-state index in [1.54, 1.807) is 0 Å². The monoisotopic (exact) mass is 461 g/mol. The Morgan fingerprint density at radius 2 is 1.82 bits per heavy atom. The molecular weight excluding hydrogens is 430 g/mol. The summed E-state index contributed by atoms with van der Waals surface area (Å²) in [5.74, 6) is 2.85. The lowest BCUT2D eigenvalue weighted by molar-refractivity contribution is -0.226. The highest BCUT2D eigenvalue weighted by Crippen LogP contribution is 2.73. The van der Waals surface area contributed by atoms with E-state index < -0.39 is 0 Å². The average Bonchev–Trinajstić information content (AvgIpc) is 3.56. The summed E-state index contributed by atoms with van der Waals surface area (Å²) in [4.78, 5) is 36.1. The molecule has 34 heavy (non-hydrogen) atoms. The number of nitrogens with one attached hydrogen (secondary N) is 1. The summed E-state index contributed by atoms with van der Waals surface area (Å²) >= 11 is 0. The number of nitrogens with zero attached hydrogens (tertiary/aromatic N) is 4. The van der Waals surface area contributed by atoms with Gasteiger partial charge in [0.15, 0.2) is 11.6 Å². The Bertz CT molecular complexity index is 1170. The van der Waals surface area contributed by atoms with Gasteiger partial charge in [-0.05, 0) is 76.0 Å². The Kier molecular flexibility index (Phi) is 4.54. The van der Waals surface area contributed by atoms with Crippen LogP contribution in [0, 0.1) is 49.4 Å². The highest BCUT2D eigenvalue weighted by molar-refractivity contribution is 6.04. The van der Waals surface area contributed by atoms with Crippen LogP contribution in [0.2, 0.25) is 0 Å². The van der Waals surface area contributed by atoms with E-state index in [4.69, 9.17) is 4.74 Å². The van der Waals surface area contributed by atoms with Gasteiger partial charge in [0, 0.05) is 30.2 Å². The average molecular weight is 462 g/mol. The predicted octanol–water partition coefficient (Wildman–Crippen LogP) is 3.82. The number of carbonyl (C=O) groups excluding carboxylic acids is 2. The van der Waals surface area contributed by atoms with Crippen molar-refractivity contribution in [1.29, 1.82) is 0 Å². The molecule has 178 valence electrons. The summed E-state index contributed by atoms with van der Waals surface area (Å²) in [5, 5.41) is 7.48. The molecule has 2 aromatic rings. The largest absolute Gasteiger partial charge is 0.373 e. The molecule has 1 amide bonds. The Labute approximate surface area is 198 Å². The number of anilines is 1. The number of Topliss-reactive ketones (excluding diaryl/α,β-unsaturated/α-hetero) is 1. The number of ether oxygens (including phenoxy) is 1. The van der Waals surface area contributed by atoms with Crippen molar-refractivity contribution >= 4 is 17.5 Å². The zero-order valence-corrected chi connectivity index (χ0v) is 19.7. The number of hydrogen-bond donors (Lipinski definition) is 1. The van der Waals surface area contributed by atoms with Gasteiger partial charge in [-0.25, -0.2) is 9.97 Å². The van der Waals surface area contributed by atoms with Crippen LogP contribution in [0.4, 0.5) is 5.82 Å². The lowest BCUT2D eigenvalue weighted by atomic mass is 9.31. The van der Waals surface area contributed by atoms with E-state index in [0.29, 0.717) is 48.8 Å². The first kappa shape index (κ1) is 20.7. The van der Waals surface area contributed by atoms with Crippen LogP contribution < -0.4 is 5.32 Å². The van der Waals surface area contributed by atoms with E-state index in [-0.39, 0.29) is 29.6 Å². The summed E-state index contributed by atoms with van der Waals surface area (Å²) in [5.41, 5.74) is 2.87. The molecule has 0 radical (unpaired) electrons. The van der Waals surface area contributed by atoms with Crippen molar-refractivity contribution in [3.63, 3.8) is 0 Å². The van der Waals surface area contributed by atoms with Crippen molar-refractivity contribution in [3.8, 4) is 0 Å². The molecule has 5 aliphatic rings. The minimum atomic E-state index is -0.207. The highest BCUT2D eigenvalue weighted by atomic mass is 16.5. The van der Waals surface area contributed by atoms with E-state index in [1.807, 2.05) is 24.7 Å². The van der Waals surface area contributed by atoms with Crippen LogP contribution in [0.1, 0.15) is 78.1 Å². The Morgan fingerprint density at radius 3 is 2.53 bits per heavy atom. The fourth-order valence-corrected chi connectivity index (χ4v) is 6.95. The molecule has 0 bridgehead atoms. The van der Waals surface area contributed by atoms with Gasteiger partial charge in [0.2, 0.25) is 5.91 Å². The number of amides is 1. The normalized spacial score (nSPS) is 35.4. The maximum Gasteiger partial charge on any atom is 0.228 e. The second-order valence-electron chi connectivity index (χ2n) is 11.2. The number of ketones is 1. The number of rotatable bonds is 6. The standard InChI is InChI=1S/C26H31N5O3/c1-12-13(2)29-25(23(28-12)24(32)22-18-7-15-8-19(22)21(15)18)30-26(33)14-5-6-34-20(9-14)16-10-27-31(11-16)17-3-4-17/h10-11,14-15,17-22H,3-9H2,1-2H3,(H,29,30,33). The van der Waals surface area contributed by atoms with Gasteiger partial charge < -0.3 is 10.1 Å². The third-order valence-electron chi connectivity index (χ3n) is 9.26. The fourth-order valence-electron chi connectivity index (χ4n) is 6.95. The lowest BCUT2D eigenvalue weighted by Gasteiger charge is -2.72. The molecule has 4 aliphatic carbocycles. The van der Waals surface area contributed by atoms with Crippen LogP contribution in [0.3, 0.4) is 0 Å². The molecule has 2 aromatic heterocycles. The highest BCUT2D eigenvalue weighted by Gasteiger charge is 2.69. The van der Waals surface area contributed by atoms with Crippen molar-refractivity contribution in [3.05, 3.63) is 35.0 Å². The quantitative estimate of drug-likeness (QED) is 0.657. The molecule has 3 heterocycles. The van der Waals surface area contributed by atoms with Gasteiger partial charge in [-0.1, -0.05) is 0 Å². The SMILES string of the molecule is Cc1nc(NC(=O)C2CCOC(c3cnn(C4CC4)c3)C2)c(C(=O)C2C3CC4CC2C43)nc1C. The number of carbonyl (C=O) groups is 2. The van der Waals surface area contributed by atoms with Crippen molar-refractivity contribution in [2.24, 2.45) is 35.5 Å². The molecule has 4 atom stereocenters. The maximum atomic E-state index is 13.5. The van der Waals surface area contributed by atoms with Crippen molar-refractivity contribution < 1.29 is 14.3 Å². The number of aromatic nitrogens is 4. The van der Waals surface area contributed by atoms with E-state index >= 15 is 0 Å². The summed E-state index contributed by atoms with van der Waals surface area (Å²) in [7, 11) is 0. The van der Waals surface area contributed by atoms with Crippen molar-refractivity contribution in [2.45, 2.75) is 64.5 Å². The van der Waals surface area contributed by atoms with Gasteiger partial charge in [0.05, 0.1) is 29.7 Å². The van der Waals surface area contributed by atoms with Gasteiger partial charge >= 0.3 is 0 Å². The van der Waals surface area contributed by atoms with Crippen LogP contribution in [0.15, 0.2) is 12.4 Å². The summed E-state index contributed by atoms with van der Waals surface area (Å²) in [6.07, 6.45) is 9.75. The molecule has 1 N–H and O–H groups in total. The smallest absolute Gasteiger partial charge is 0.228 e. The van der Waals surface area contributed by atoms with E-state index in [9.17, 15) is 9.59 Å². The maximum absolute atomic E-state index is 13.5. The van der Waals surface area contributed by atoms with Gasteiger partial charge in [-0.15, -0.1) is 0 Å². The van der Waals surface area contributed by atoms with Gasteiger partial charge in [0.25, 0.3) is 0 Å². The van der Waals surface area contributed by atoms with Crippen LogP contribution >= 0.6 is 0 Å². The Morgan fingerprint density at radius 1 is 1.06 bits per heavy atom. The lowest BCUT2D eigenvalue weighted by Crippen LogP contribution is -2.69. The molecule has 0 aromatic carbocycles. The minimum absolute atomic E-state index is 0.0672. The molecule has 0 spiro atoms. The first-order valence-corrected chi connectivity index (χ1v) is 12.8. The van der Waals surface area contributed by atoms with Crippen molar-refractivity contribution in [2.75, 3.05) is 11.9 Å². The first-order valence-electron chi connectivity index (χ1n) is 12.8. The van der Waals surface area contributed by atoms with Crippen LogP contribution in [0.25, 0.3) is 0 Å². The molecule has 5 fully saturated rings. The van der Waals surface area contributed by atoms with Crippen LogP contribution in [0.5, 0.6) is 0 Å². The molecular formula is C26H31N5O3. The summed E-state index contributed by atoms with van der Waals surface area (Å²) in [6.45, 7) is 4.27. The number of hydrogen-bond acceptors (Lipinski definition) is 6. The Balaban J connectivity index is 1.08. The van der Waals surface area contributed by atoms with Gasteiger partial charge in [0.1, 0.15) is 5.69 Å². The van der Waals surface area contributed by atoms with E-state index in [1.165, 1.54) is 25.7 Å². The number of aryl methyl sites for hydroxylation is 2. The second-order valence-corrected chi connectivity index (χ2v) is 11.2. The molecule has 4 unspecified atom stereocenters. The first-order chi connectivity index (χ1) is 16.5. The Hall–Kier alpha value is -2.61. The van der Waals surface area contributed by atoms with Crippen LogP contribution in [-0.4, -0.2) is 38.0 Å². The molecule has 7 rings (SSSR count). The molecule has 4 saturated carbocycles. The zero-order chi connectivity index (χ0) is 23.1. The summed E-state index contributed by atoms with van der Waals surface area (Å²) in [6, 6.07) is 0.521. The summed E-state index contributed by atoms with van der Waals surface area (Å²) < 4.78 is 8.00. The molecule has 8 heteroatoms. The predicted molar refractivity (Wildman–Crippen MR) is 123 cm³/mol. The molecule has 1 saturated heterocycles. The second kappa shape index (κ2) is 7.44. The van der Waals surface area contributed by atoms with Crippen LogP contribution in [-0.2, 0) is 9.53 Å². The molecule has 1 aliphatic heterocycles. The van der Waals surface area contributed by atoms with E-state index in [0.717, 1.165) is 28.8 Å². The van der Waals surface area contributed by atoms with Crippen molar-refractivity contribution in [1.82, 2.24) is 19.7 Å². The topological polar surface area (TPSA) is 99.0 Å². The fraction of sp³-hybridized carbons (Fsp3) is 0.654. The minimum Gasteiger partial charge on any atom is -0.373 e.